The van der Waals surface area contributed by atoms with E-state index in [0.29, 0.717) is 5.28 Å². The minimum absolute atomic E-state index is 0.530. The van der Waals surface area contributed by atoms with Crippen molar-refractivity contribution in [1.29, 1.82) is 0 Å². The van der Waals surface area contributed by atoms with Gasteiger partial charge in [0.2, 0.25) is 5.28 Å². The second kappa shape index (κ2) is 5.17. The van der Waals surface area contributed by atoms with Gasteiger partial charge in [0.05, 0.1) is 17.6 Å². The molecule has 3 aromatic rings. The zero-order valence-corrected chi connectivity index (χ0v) is 12.3. The van der Waals surface area contributed by atoms with E-state index in [1.807, 2.05) is 42.9 Å². The van der Waals surface area contributed by atoms with E-state index in [4.69, 9.17) is 11.6 Å². The minimum atomic E-state index is 0.530. The summed E-state index contributed by atoms with van der Waals surface area (Å²) in [4.78, 5) is 6.46. The maximum absolute atomic E-state index is 6.24. The van der Waals surface area contributed by atoms with E-state index >= 15 is 0 Å². The zero-order valence-electron chi connectivity index (χ0n) is 11.5. The maximum atomic E-state index is 6.24. The predicted octanol–water partition coefficient (Wildman–Crippen LogP) is 3.80. The van der Waals surface area contributed by atoms with Gasteiger partial charge in [-0.05, 0) is 41.4 Å². The van der Waals surface area contributed by atoms with E-state index in [1.54, 1.807) is 0 Å². The van der Waals surface area contributed by atoms with Gasteiger partial charge >= 0.3 is 0 Å². The van der Waals surface area contributed by atoms with Crippen LogP contribution < -0.4 is 4.90 Å². The molecule has 1 heterocycles. The summed E-state index contributed by atoms with van der Waals surface area (Å²) >= 11 is 6.24. The fourth-order valence-corrected chi connectivity index (χ4v) is 2.52. The van der Waals surface area contributed by atoms with Gasteiger partial charge in [0, 0.05) is 19.8 Å². The number of imidazole rings is 1. The molecule has 0 fully saturated rings. The third-order valence-electron chi connectivity index (χ3n) is 3.40. The predicted molar refractivity (Wildman–Crippen MR) is 84.6 cm³/mol. The van der Waals surface area contributed by atoms with Crippen LogP contribution in [-0.4, -0.2) is 23.6 Å². The molecule has 2 aromatic carbocycles. The molecule has 0 aliphatic heterocycles. The summed E-state index contributed by atoms with van der Waals surface area (Å²) < 4.78 is 2.03. The Morgan fingerprint density at radius 1 is 1.05 bits per heavy atom. The molecule has 0 saturated carbocycles. The number of halogens is 1. The minimum Gasteiger partial charge on any atom is -0.378 e. The molecule has 0 radical (unpaired) electrons. The smallest absolute Gasteiger partial charge is 0.204 e. The molecule has 102 valence electrons. The molecule has 0 saturated heterocycles. The van der Waals surface area contributed by atoms with Gasteiger partial charge in [0.1, 0.15) is 0 Å². The Morgan fingerprint density at radius 2 is 1.75 bits per heavy atom. The lowest BCUT2D eigenvalue weighted by Gasteiger charge is -2.13. The largest absolute Gasteiger partial charge is 0.378 e. The van der Waals surface area contributed by atoms with Crippen LogP contribution >= 0.6 is 11.6 Å². The Balaban J connectivity index is 1.94. The van der Waals surface area contributed by atoms with E-state index in [2.05, 4.69) is 34.1 Å². The quantitative estimate of drug-likeness (QED) is 0.730. The first-order valence-corrected chi connectivity index (χ1v) is 6.90. The first-order chi connectivity index (χ1) is 9.65. The first-order valence-electron chi connectivity index (χ1n) is 6.52. The third kappa shape index (κ3) is 2.37. The second-order valence-corrected chi connectivity index (χ2v) is 5.35. The number of hydrogen-bond donors (Lipinski definition) is 0. The molecule has 0 bridgehead atoms. The number of fused-ring (bicyclic) bond motifs is 1. The van der Waals surface area contributed by atoms with E-state index in [9.17, 15) is 0 Å². The van der Waals surface area contributed by atoms with Gasteiger partial charge in [-0.3, -0.25) is 0 Å². The van der Waals surface area contributed by atoms with Crippen LogP contribution in [0.4, 0.5) is 5.69 Å². The number of nitrogens with zero attached hydrogens (tertiary/aromatic N) is 3. The fourth-order valence-electron chi connectivity index (χ4n) is 2.28. The van der Waals surface area contributed by atoms with Gasteiger partial charge in [-0.15, -0.1) is 0 Å². The topological polar surface area (TPSA) is 21.1 Å². The van der Waals surface area contributed by atoms with E-state index in [-0.39, 0.29) is 0 Å². The highest BCUT2D eigenvalue weighted by molar-refractivity contribution is 6.29. The van der Waals surface area contributed by atoms with Crippen molar-refractivity contribution in [2.45, 2.75) is 6.54 Å². The SMILES string of the molecule is CN(C)c1ccc(Cn2c(Cl)nc3ccccc32)cc1. The van der Waals surface area contributed by atoms with Gasteiger partial charge in [0.15, 0.2) is 0 Å². The molecular formula is C16H16ClN3. The molecular weight excluding hydrogens is 270 g/mol. The molecule has 0 N–H and O–H groups in total. The molecule has 0 aliphatic carbocycles. The number of aromatic nitrogens is 2. The maximum Gasteiger partial charge on any atom is 0.204 e. The van der Waals surface area contributed by atoms with Crippen molar-refractivity contribution < 1.29 is 0 Å². The lowest BCUT2D eigenvalue weighted by atomic mass is 10.2. The van der Waals surface area contributed by atoms with Crippen LogP contribution in [0.3, 0.4) is 0 Å². The van der Waals surface area contributed by atoms with Crippen molar-refractivity contribution in [2.24, 2.45) is 0 Å². The van der Waals surface area contributed by atoms with Gasteiger partial charge in [-0.2, -0.15) is 0 Å². The van der Waals surface area contributed by atoms with Crippen LogP contribution in [0, 0.1) is 0 Å². The van der Waals surface area contributed by atoms with Crippen molar-refractivity contribution >= 4 is 28.3 Å². The molecule has 0 atom stereocenters. The standard InChI is InChI=1S/C16H16ClN3/c1-19(2)13-9-7-12(8-10-13)11-20-15-6-4-3-5-14(15)18-16(20)17/h3-10H,11H2,1-2H3. The Kier molecular flexibility index (Phi) is 3.36. The van der Waals surface area contributed by atoms with Crippen LogP contribution in [0.5, 0.6) is 0 Å². The van der Waals surface area contributed by atoms with E-state index < -0.39 is 0 Å². The summed E-state index contributed by atoms with van der Waals surface area (Å²) in [5.41, 5.74) is 4.40. The normalized spacial score (nSPS) is 10.9. The number of hydrogen-bond acceptors (Lipinski definition) is 2. The lowest BCUT2D eigenvalue weighted by Crippen LogP contribution is -2.08. The second-order valence-electron chi connectivity index (χ2n) is 5.02. The van der Waals surface area contributed by atoms with Gasteiger partial charge in [-0.25, -0.2) is 4.98 Å². The highest BCUT2D eigenvalue weighted by Crippen LogP contribution is 2.21. The summed E-state index contributed by atoms with van der Waals surface area (Å²) in [5.74, 6) is 0. The molecule has 0 aliphatic rings. The van der Waals surface area contributed by atoms with Crippen molar-refractivity contribution in [3.05, 3.63) is 59.4 Å². The molecule has 3 nitrogen and oxygen atoms in total. The summed E-state index contributed by atoms with van der Waals surface area (Å²) in [6, 6.07) is 16.5. The molecule has 0 unspecified atom stereocenters. The number of para-hydroxylation sites is 2. The Labute approximate surface area is 123 Å². The Bertz CT molecular complexity index is 729. The lowest BCUT2D eigenvalue weighted by molar-refractivity contribution is 0.825. The zero-order chi connectivity index (χ0) is 14.1. The monoisotopic (exact) mass is 285 g/mol. The summed E-state index contributed by atoms with van der Waals surface area (Å²) in [7, 11) is 4.07. The summed E-state index contributed by atoms with van der Waals surface area (Å²) in [6.07, 6.45) is 0. The molecule has 4 heteroatoms. The highest BCUT2D eigenvalue weighted by Gasteiger charge is 2.08. The van der Waals surface area contributed by atoms with Crippen molar-refractivity contribution in [3.63, 3.8) is 0 Å². The highest BCUT2D eigenvalue weighted by atomic mass is 35.5. The molecule has 0 spiro atoms. The van der Waals surface area contributed by atoms with E-state index in [0.717, 1.165) is 17.6 Å². The van der Waals surface area contributed by atoms with Crippen LogP contribution in [0.15, 0.2) is 48.5 Å². The number of rotatable bonds is 3. The summed E-state index contributed by atoms with van der Waals surface area (Å²) in [6.45, 7) is 0.729. The van der Waals surface area contributed by atoms with Gasteiger partial charge < -0.3 is 9.47 Å². The van der Waals surface area contributed by atoms with Crippen LogP contribution in [0.25, 0.3) is 11.0 Å². The fraction of sp³-hybridized carbons (Fsp3) is 0.188. The van der Waals surface area contributed by atoms with Gasteiger partial charge in [-0.1, -0.05) is 24.3 Å². The molecule has 1 aromatic heterocycles. The van der Waals surface area contributed by atoms with Crippen molar-refractivity contribution in [2.75, 3.05) is 19.0 Å². The Morgan fingerprint density at radius 3 is 2.45 bits per heavy atom. The number of anilines is 1. The average molecular weight is 286 g/mol. The molecule has 20 heavy (non-hydrogen) atoms. The third-order valence-corrected chi connectivity index (χ3v) is 3.69. The van der Waals surface area contributed by atoms with Gasteiger partial charge in [0.25, 0.3) is 0 Å². The van der Waals surface area contributed by atoms with Crippen LogP contribution in [0.1, 0.15) is 5.56 Å². The molecule has 3 rings (SSSR count). The van der Waals surface area contributed by atoms with E-state index in [1.165, 1.54) is 11.3 Å². The van der Waals surface area contributed by atoms with Crippen molar-refractivity contribution in [1.82, 2.24) is 9.55 Å². The van der Waals surface area contributed by atoms with Crippen molar-refractivity contribution in [3.8, 4) is 0 Å². The first kappa shape index (κ1) is 13.0. The number of benzene rings is 2. The van der Waals surface area contributed by atoms with Crippen LogP contribution in [-0.2, 0) is 6.54 Å². The van der Waals surface area contributed by atoms with Crippen LogP contribution in [0.2, 0.25) is 5.28 Å². The average Bonchev–Trinajstić information content (AvgIpc) is 2.76. The molecule has 0 amide bonds. The Hall–Kier alpha value is -2.00. The summed E-state index contributed by atoms with van der Waals surface area (Å²) in [5, 5.41) is 0.530.